The molecule has 2 aromatic heterocycles. The van der Waals surface area contributed by atoms with Crippen molar-refractivity contribution < 1.29 is 13.5 Å². The molecule has 116 valence electrons. The molecule has 2 heterocycles. The van der Waals surface area contributed by atoms with Crippen LogP contribution in [0.25, 0.3) is 4.96 Å². The molecule has 0 aliphatic heterocycles. The van der Waals surface area contributed by atoms with Crippen LogP contribution in [0.4, 0.5) is 5.82 Å². The molecule has 1 aliphatic rings. The van der Waals surface area contributed by atoms with Gasteiger partial charge in [-0.2, -0.15) is 4.31 Å². The molecule has 0 saturated heterocycles. The third-order valence-corrected chi connectivity index (χ3v) is 6.44. The largest absolute Gasteiger partial charge is 0.393 e. The Labute approximate surface area is 127 Å². The average Bonchev–Trinajstić information content (AvgIpc) is 2.95. The van der Waals surface area contributed by atoms with Crippen LogP contribution in [0.15, 0.2) is 16.6 Å². The molecule has 0 atom stereocenters. The SMILES string of the molecule is CNc1nc2sccn2c1S(=O)(=O)N(C)CC1CC(O)C1. The summed E-state index contributed by atoms with van der Waals surface area (Å²) < 4.78 is 28.6. The van der Waals surface area contributed by atoms with Crippen LogP contribution >= 0.6 is 11.3 Å². The number of hydrogen-bond donors (Lipinski definition) is 2. The highest BCUT2D eigenvalue weighted by atomic mass is 32.2. The van der Waals surface area contributed by atoms with E-state index in [4.69, 9.17) is 0 Å². The number of hydrogen-bond acceptors (Lipinski definition) is 6. The van der Waals surface area contributed by atoms with Crippen LogP contribution in [0, 0.1) is 5.92 Å². The van der Waals surface area contributed by atoms with Gasteiger partial charge in [0, 0.05) is 32.2 Å². The van der Waals surface area contributed by atoms with Crippen LogP contribution in [-0.2, 0) is 10.0 Å². The second kappa shape index (κ2) is 5.24. The van der Waals surface area contributed by atoms with Gasteiger partial charge in [-0.15, -0.1) is 11.3 Å². The van der Waals surface area contributed by atoms with Gasteiger partial charge in [-0.05, 0) is 18.8 Å². The molecule has 1 aliphatic carbocycles. The number of fused-ring (bicyclic) bond motifs is 1. The van der Waals surface area contributed by atoms with Crippen molar-refractivity contribution in [2.75, 3.05) is 26.0 Å². The second-order valence-electron chi connectivity index (χ2n) is 5.35. The maximum Gasteiger partial charge on any atom is 0.262 e. The third kappa shape index (κ3) is 2.44. The van der Waals surface area contributed by atoms with Gasteiger partial charge < -0.3 is 10.4 Å². The standard InChI is InChI=1S/C12H18N4O3S2/c1-13-10-11(16-3-4-20-12(16)14-10)21(18,19)15(2)7-8-5-9(17)6-8/h3-4,8-9,13,17H,5-7H2,1-2H3. The lowest BCUT2D eigenvalue weighted by Gasteiger charge is -2.33. The molecule has 3 rings (SSSR count). The van der Waals surface area contributed by atoms with Gasteiger partial charge in [-0.3, -0.25) is 4.40 Å². The highest BCUT2D eigenvalue weighted by Gasteiger charge is 2.34. The van der Waals surface area contributed by atoms with E-state index < -0.39 is 10.0 Å². The Bertz CT molecular complexity index is 746. The number of anilines is 1. The predicted octanol–water partition coefficient (Wildman–Crippen LogP) is 0.829. The van der Waals surface area contributed by atoms with Crippen LogP contribution in [0.3, 0.4) is 0 Å². The highest BCUT2D eigenvalue weighted by molar-refractivity contribution is 7.89. The highest BCUT2D eigenvalue weighted by Crippen LogP contribution is 2.31. The number of imidazole rings is 1. The quantitative estimate of drug-likeness (QED) is 0.848. The number of nitrogens with one attached hydrogen (secondary N) is 1. The lowest BCUT2D eigenvalue weighted by atomic mass is 9.82. The Hall–Kier alpha value is -1.16. The van der Waals surface area contributed by atoms with Crippen LogP contribution < -0.4 is 5.32 Å². The topological polar surface area (TPSA) is 86.9 Å². The second-order valence-corrected chi connectivity index (χ2v) is 8.18. The molecule has 2 aromatic rings. The van der Waals surface area contributed by atoms with Gasteiger partial charge in [-0.1, -0.05) is 0 Å². The van der Waals surface area contributed by atoms with Crippen LogP contribution in [-0.4, -0.2) is 54.0 Å². The maximum atomic E-state index is 12.8. The zero-order valence-corrected chi connectivity index (χ0v) is 13.5. The molecule has 9 heteroatoms. The van der Waals surface area contributed by atoms with E-state index in [0.29, 0.717) is 30.2 Å². The van der Waals surface area contributed by atoms with Gasteiger partial charge in [-0.25, -0.2) is 13.4 Å². The van der Waals surface area contributed by atoms with Crippen LogP contribution in [0.2, 0.25) is 0 Å². The van der Waals surface area contributed by atoms with Crippen molar-refractivity contribution in [3.05, 3.63) is 11.6 Å². The van der Waals surface area contributed by atoms with Crippen molar-refractivity contribution >= 4 is 32.1 Å². The molecular formula is C12H18N4O3S2. The fraction of sp³-hybridized carbons (Fsp3) is 0.583. The number of rotatable bonds is 5. The molecule has 1 fully saturated rings. The van der Waals surface area contributed by atoms with Gasteiger partial charge in [0.25, 0.3) is 10.0 Å². The summed E-state index contributed by atoms with van der Waals surface area (Å²) in [5.41, 5.74) is 0. The Balaban J connectivity index is 1.93. The van der Waals surface area contributed by atoms with Crippen molar-refractivity contribution in [1.29, 1.82) is 0 Å². The van der Waals surface area contributed by atoms with E-state index in [1.165, 1.54) is 15.6 Å². The Morgan fingerprint density at radius 1 is 1.57 bits per heavy atom. The summed E-state index contributed by atoms with van der Waals surface area (Å²) in [7, 11) is -0.392. The molecule has 0 radical (unpaired) electrons. The first-order valence-corrected chi connectivity index (χ1v) is 9.03. The smallest absolute Gasteiger partial charge is 0.262 e. The molecule has 1 saturated carbocycles. The first kappa shape index (κ1) is 14.8. The van der Waals surface area contributed by atoms with E-state index in [9.17, 15) is 13.5 Å². The first-order chi connectivity index (χ1) is 9.93. The fourth-order valence-electron chi connectivity index (χ4n) is 2.63. The monoisotopic (exact) mass is 330 g/mol. The summed E-state index contributed by atoms with van der Waals surface area (Å²) in [5.74, 6) is 0.589. The van der Waals surface area contributed by atoms with E-state index in [2.05, 4.69) is 10.3 Å². The Morgan fingerprint density at radius 2 is 2.29 bits per heavy atom. The molecule has 0 unspecified atom stereocenters. The van der Waals surface area contributed by atoms with Crippen LogP contribution in [0.5, 0.6) is 0 Å². The molecule has 0 amide bonds. The lowest BCUT2D eigenvalue weighted by Crippen LogP contribution is -2.39. The van der Waals surface area contributed by atoms with E-state index >= 15 is 0 Å². The molecule has 21 heavy (non-hydrogen) atoms. The van der Waals surface area contributed by atoms with Crippen LogP contribution in [0.1, 0.15) is 12.8 Å². The fourth-order valence-corrected chi connectivity index (χ4v) is 4.90. The summed E-state index contributed by atoms with van der Waals surface area (Å²) in [4.78, 5) is 4.93. The van der Waals surface area contributed by atoms with E-state index in [1.54, 1.807) is 24.7 Å². The maximum absolute atomic E-state index is 12.8. The number of thiazole rings is 1. The molecule has 2 N–H and O–H groups in total. The molecule has 0 spiro atoms. The Kier molecular flexibility index (Phi) is 3.68. The van der Waals surface area contributed by atoms with E-state index in [-0.39, 0.29) is 17.0 Å². The minimum absolute atomic E-state index is 0.170. The average molecular weight is 330 g/mol. The van der Waals surface area contributed by atoms with Gasteiger partial charge in [0.1, 0.15) is 0 Å². The number of aliphatic hydroxyl groups excluding tert-OH is 1. The van der Waals surface area contributed by atoms with Gasteiger partial charge in [0.15, 0.2) is 15.8 Å². The molecule has 7 nitrogen and oxygen atoms in total. The lowest BCUT2D eigenvalue weighted by molar-refractivity contribution is 0.0367. The third-order valence-electron chi connectivity index (χ3n) is 3.84. The number of aromatic nitrogens is 2. The molecule has 0 bridgehead atoms. The minimum atomic E-state index is -3.63. The minimum Gasteiger partial charge on any atom is -0.393 e. The van der Waals surface area contributed by atoms with Gasteiger partial charge in [0.05, 0.1) is 6.10 Å². The van der Waals surface area contributed by atoms with Crippen molar-refractivity contribution in [3.63, 3.8) is 0 Å². The number of sulfonamides is 1. The number of nitrogens with zero attached hydrogens (tertiary/aromatic N) is 3. The van der Waals surface area contributed by atoms with Crippen molar-refractivity contribution in [2.45, 2.75) is 24.0 Å². The summed E-state index contributed by atoms with van der Waals surface area (Å²) in [6, 6.07) is 0. The van der Waals surface area contributed by atoms with Crippen molar-refractivity contribution in [1.82, 2.24) is 13.7 Å². The number of aliphatic hydroxyl groups is 1. The summed E-state index contributed by atoms with van der Waals surface area (Å²) in [5, 5.41) is 14.2. The normalized spacial score (nSPS) is 22.7. The predicted molar refractivity (Wildman–Crippen MR) is 81.2 cm³/mol. The zero-order valence-electron chi connectivity index (χ0n) is 11.9. The molecular weight excluding hydrogens is 312 g/mol. The summed E-state index contributed by atoms with van der Waals surface area (Å²) in [6.07, 6.45) is 2.76. The van der Waals surface area contributed by atoms with Gasteiger partial charge in [0.2, 0.25) is 0 Å². The first-order valence-electron chi connectivity index (χ1n) is 6.71. The molecule has 0 aromatic carbocycles. The Morgan fingerprint density at radius 3 is 2.90 bits per heavy atom. The van der Waals surface area contributed by atoms with Crippen molar-refractivity contribution in [3.8, 4) is 0 Å². The summed E-state index contributed by atoms with van der Waals surface area (Å²) >= 11 is 1.39. The van der Waals surface area contributed by atoms with Crippen molar-refractivity contribution in [2.24, 2.45) is 5.92 Å². The zero-order chi connectivity index (χ0) is 15.2. The van der Waals surface area contributed by atoms with Gasteiger partial charge >= 0.3 is 0 Å². The van der Waals surface area contributed by atoms with E-state index in [0.717, 1.165) is 0 Å². The summed E-state index contributed by atoms with van der Waals surface area (Å²) in [6.45, 7) is 0.417. The van der Waals surface area contributed by atoms with E-state index in [1.807, 2.05) is 5.38 Å².